The average molecular weight is 329 g/mol. The van der Waals surface area contributed by atoms with Crippen molar-refractivity contribution in [1.29, 1.82) is 0 Å². The number of nitrogens with zero attached hydrogens (tertiary/aromatic N) is 1. The van der Waals surface area contributed by atoms with Gasteiger partial charge in [-0.05, 0) is 55.9 Å². The molecule has 24 heavy (non-hydrogen) atoms. The fourth-order valence-corrected chi connectivity index (χ4v) is 3.58. The monoisotopic (exact) mass is 329 g/mol. The van der Waals surface area contributed by atoms with Crippen molar-refractivity contribution in [2.75, 3.05) is 18.4 Å². The minimum Gasteiger partial charge on any atom is -0.339 e. The van der Waals surface area contributed by atoms with Crippen molar-refractivity contribution in [3.63, 3.8) is 0 Å². The number of nitrogens with one attached hydrogen (secondary N) is 1. The van der Waals surface area contributed by atoms with Gasteiger partial charge in [0, 0.05) is 24.3 Å². The highest BCUT2D eigenvalue weighted by Gasteiger charge is 2.36. The van der Waals surface area contributed by atoms with Gasteiger partial charge in [-0.3, -0.25) is 9.59 Å². The summed E-state index contributed by atoms with van der Waals surface area (Å²) in [6.45, 7) is 3.89. The minimum absolute atomic E-state index is 0.0749. The zero-order valence-corrected chi connectivity index (χ0v) is 14.4. The second-order valence-electron chi connectivity index (χ2n) is 7.37. The first-order chi connectivity index (χ1) is 11.5. The number of hydrogen-bond acceptors (Lipinski definition) is 3. The molecule has 5 heteroatoms. The van der Waals surface area contributed by atoms with E-state index in [1.165, 1.54) is 0 Å². The molecule has 130 valence electrons. The Labute approximate surface area is 143 Å². The third-order valence-electron chi connectivity index (χ3n) is 5.41. The van der Waals surface area contributed by atoms with Crippen LogP contribution in [0, 0.1) is 5.92 Å². The number of carbonyl (C=O) groups is 2. The topological polar surface area (TPSA) is 75.4 Å². The van der Waals surface area contributed by atoms with Gasteiger partial charge in [0.25, 0.3) is 5.91 Å². The first-order valence-electron chi connectivity index (χ1n) is 8.98. The second kappa shape index (κ2) is 6.93. The first kappa shape index (κ1) is 17.0. The van der Waals surface area contributed by atoms with Crippen molar-refractivity contribution in [2.24, 2.45) is 11.7 Å². The Kier molecular flexibility index (Phi) is 4.90. The van der Waals surface area contributed by atoms with Gasteiger partial charge in [0.15, 0.2) is 0 Å². The Morgan fingerprint density at radius 1 is 1.12 bits per heavy atom. The summed E-state index contributed by atoms with van der Waals surface area (Å²) >= 11 is 0. The molecule has 2 aliphatic rings. The number of piperidine rings is 1. The predicted octanol–water partition coefficient (Wildman–Crippen LogP) is 2.77. The van der Waals surface area contributed by atoms with E-state index in [4.69, 9.17) is 5.73 Å². The van der Waals surface area contributed by atoms with Crippen LogP contribution in [0.15, 0.2) is 24.3 Å². The van der Waals surface area contributed by atoms with Crippen LogP contribution < -0.4 is 11.1 Å². The summed E-state index contributed by atoms with van der Waals surface area (Å²) in [5.41, 5.74) is 6.79. The predicted molar refractivity (Wildman–Crippen MR) is 94.8 cm³/mol. The van der Waals surface area contributed by atoms with E-state index in [1.54, 1.807) is 24.3 Å². The van der Waals surface area contributed by atoms with Crippen LogP contribution in [0.2, 0.25) is 0 Å². The maximum absolute atomic E-state index is 12.5. The molecule has 2 fully saturated rings. The molecule has 0 bridgehead atoms. The summed E-state index contributed by atoms with van der Waals surface area (Å²) < 4.78 is 0. The molecular formula is C19H27N3O2. The van der Waals surface area contributed by atoms with Crippen molar-refractivity contribution in [3.8, 4) is 0 Å². The Morgan fingerprint density at radius 2 is 1.71 bits per heavy atom. The van der Waals surface area contributed by atoms with Crippen LogP contribution in [-0.4, -0.2) is 35.3 Å². The molecule has 1 aliphatic carbocycles. The summed E-state index contributed by atoms with van der Waals surface area (Å²) in [6, 6.07) is 7.15. The molecule has 1 heterocycles. The molecule has 0 spiro atoms. The fraction of sp³-hybridized carbons (Fsp3) is 0.579. The zero-order valence-electron chi connectivity index (χ0n) is 14.4. The van der Waals surface area contributed by atoms with Gasteiger partial charge in [-0.25, -0.2) is 0 Å². The molecule has 0 atom stereocenters. The van der Waals surface area contributed by atoms with E-state index in [2.05, 4.69) is 12.2 Å². The van der Waals surface area contributed by atoms with Crippen LogP contribution in [0.25, 0.3) is 0 Å². The van der Waals surface area contributed by atoms with Crippen LogP contribution in [0.1, 0.15) is 55.8 Å². The molecule has 0 aromatic heterocycles. The molecular weight excluding hydrogens is 302 g/mol. The van der Waals surface area contributed by atoms with Crippen molar-refractivity contribution >= 4 is 17.5 Å². The van der Waals surface area contributed by atoms with E-state index >= 15 is 0 Å². The molecule has 1 aromatic rings. The average Bonchev–Trinajstić information content (AvgIpc) is 3.04. The molecule has 3 rings (SSSR count). The molecule has 0 radical (unpaired) electrons. The van der Waals surface area contributed by atoms with Crippen molar-refractivity contribution < 1.29 is 9.59 Å². The van der Waals surface area contributed by atoms with Gasteiger partial charge in [0.1, 0.15) is 0 Å². The van der Waals surface area contributed by atoms with Crippen LogP contribution >= 0.6 is 0 Å². The lowest BCUT2D eigenvalue weighted by Crippen LogP contribution is -2.48. The van der Waals surface area contributed by atoms with E-state index < -0.39 is 5.54 Å². The van der Waals surface area contributed by atoms with Gasteiger partial charge in [0.05, 0.1) is 5.54 Å². The molecule has 0 unspecified atom stereocenters. The largest absolute Gasteiger partial charge is 0.339 e. The number of rotatable bonds is 3. The van der Waals surface area contributed by atoms with Gasteiger partial charge < -0.3 is 16.0 Å². The lowest BCUT2D eigenvalue weighted by Gasteiger charge is -2.30. The lowest BCUT2D eigenvalue weighted by molar-refractivity contribution is -0.121. The summed E-state index contributed by atoms with van der Waals surface area (Å²) in [4.78, 5) is 26.8. The molecule has 1 aromatic carbocycles. The normalized spacial score (nSPS) is 20.8. The Hall–Kier alpha value is -1.88. The number of amides is 2. The Balaban J connectivity index is 1.61. The molecule has 5 nitrogen and oxygen atoms in total. The third kappa shape index (κ3) is 3.61. The highest BCUT2D eigenvalue weighted by atomic mass is 16.2. The van der Waals surface area contributed by atoms with Crippen molar-refractivity contribution in [3.05, 3.63) is 29.8 Å². The number of benzene rings is 1. The van der Waals surface area contributed by atoms with E-state index in [0.29, 0.717) is 17.2 Å². The van der Waals surface area contributed by atoms with Gasteiger partial charge in [-0.2, -0.15) is 0 Å². The Bertz CT molecular complexity index is 598. The van der Waals surface area contributed by atoms with Gasteiger partial charge >= 0.3 is 0 Å². The maximum Gasteiger partial charge on any atom is 0.253 e. The van der Waals surface area contributed by atoms with Crippen molar-refractivity contribution in [1.82, 2.24) is 4.90 Å². The number of anilines is 1. The summed E-state index contributed by atoms with van der Waals surface area (Å²) in [5.74, 6) is 0.653. The SMILES string of the molecule is CC1CCN(C(=O)c2ccc(NC(=O)C3(N)CCCC3)cc2)CC1. The van der Waals surface area contributed by atoms with Gasteiger partial charge in [-0.15, -0.1) is 0 Å². The first-order valence-corrected chi connectivity index (χ1v) is 8.98. The highest BCUT2D eigenvalue weighted by molar-refractivity contribution is 5.99. The van der Waals surface area contributed by atoms with Crippen LogP contribution in [0.3, 0.4) is 0 Å². The minimum atomic E-state index is -0.737. The molecule has 1 saturated carbocycles. The summed E-state index contributed by atoms with van der Waals surface area (Å²) in [7, 11) is 0. The lowest BCUT2D eigenvalue weighted by atomic mass is 9.98. The number of carbonyl (C=O) groups excluding carboxylic acids is 2. The van der Waals surface area contributed by atoms with Crippen LogP contribution in [-0.2, 0) is 4.79 Å². The second-order valence-corrected chi connectivity index (χ2v) is 7.37. The van der Waals surface area contributed by atoms with Crippen LogP contribution in [0.4, 0.5) is 5.69 Å². The molecule has 1 saturated heterocycles. The quantitative estimate of drug-likeness (QED) is 0.895. The van der Waals surface area contributed by atoms with E-state index in [9.17, 15) is 9.59 Å². The standard InChI is InChI=1S/C19H27N3O2/c1-14-8-12-22(13-9-14)17(23)15-4-6-16(7-5-15)21-18(24)19(20)10-2-3-11-19/h4-7,14H,2-3,8-13,20H2,1H3,(H,21,24). The number of hydrogen-bond donors (Lipinski definition) is 2. The highest BCUT2D eigenvalue weighted by Crippen LogP contribution is 2.28. The molecule has 3 N–H and O–H groups in total. The van der Waals surface area contributed by atoms with Gasteiger partial charge in [-0.1, -0.05) is 19.8 Å². The fourth-order valence-electron chi connectivity index (χ4n) is 3.58. The number of nitrogens with two attached hydrogens (primary N) is 1. The molecule has 2 amide bonds. The van der Waals surface area contributed by atoms with E-state index in [-0.39, 0.29) is 11.8 Å². The maximum atomic E-state index is 12.5. The van der Waals surface area contributed by atoms with E-state index in [0.717, 1.165) is 51.6 Å². The summed E-state index contributed by atoms with van der Waals surface area (Å²) in [5, 5.41) is 2.89. The Morgan fingerprint density at radius 3 is 2.29 bits per heavy atom. The van der Waals surface area contributed by atoms with E-state index in [1.807, 2.05) is 4.90 Å². The summed E-state index contributed by atoms with van der Waals surface area (Å²) in [6.07, 6.45) is 5.63. The van der Waals surface area contributed by atoms with Crippen molar-refractivity contribution in [2.45, 2.75) is 51.0 Å². The zero-order chi connectivity index (χ0) is 17.2. The molecule has 1 aliphatic heterocycles. The van der Waals surface area contributed by atoms with Gasteiger partial charge in [0.2, 0.25) is 5.91 Å². The third-order valence-corrected chi connectivity index (χ3v) is 5.41. The smallest absolute Gasteiger partial charge is 0.253 e. The van der Waals surface area contributed by atoms with Crippen LogP contribution in [0.5, 0.6) is 0 Å². The number of likely N-dealkylation sites (tertiary alicyclic amines) is 1.